The van der Waals surface area contributed by atoms with Crippen LogP contribution in [0.1, 0.15) is 23.2 Å². The molecule has 2 rings (SSSR count). The van der Waals surface area contributed by atoms with Gasteiger partial charge in [0.05, 0.1) is 5.56 Å². The van der Waals surface area contributed by atoms with Crippen LogP contribution in [0.3, 0.4) is 0 Å². The minimum Gasteiger partial charge on any atom is -0.478 e. The van der Waals surface area contributed by atoms with Gasteiger partial charge >= 0.3 is 5.97 Å². The van der Waals surface area contributed by atoms with E-state index in [-0.39, 0.29) is 6.61 Å². The Labute approximate surface area is 99.1 Å². The van der Waals surface area contributed by atoms with E-state index in [1.165, 1.54) is 0 Å². The van der Waals surface area contributed by atoms with Gasteiger partial charge < -0.3 is 14.8 Å². The molecule has 1 aromatic carbocycles. The maximum Gasteiger partial charge on any atom is 0.335 e. The number of rotatable bonds is 5. The Morgan fingerprint density at radius 3 is 2.76 bits per heavy atom. The highest BCUT2D eigenvalue weighted by atomic mass is 16.4. The number of aromatic nitrogens is 1. The SMILES string of the molecule is O=C(O)c1ccc2ccn(CCCCO)c2c1. The zero-order valence-electron chi connectivity index (χ0n) is 9.47. The molecule has 0 fully saturated rings. The van der Waals surface area contributed by atoms with Crippen molar-refractivity contribution in [1.82, 2.24) is 4.57 Å². The fourth-order valence-electron chi connectivity index (χ4n) is 1.91. The van der Waals surface area contributed by atoms with Crippen molar-refractivity contribution in [2.24, 2.45) is 0 Å². The molecule has 0 bridgehead atoms. The summed E-state index contributed by atoms with van der Waals surface area (Å²) in [5, 5.41) is 18.7. The second kappa shape index (κ2) is 5.01. The van der Waals surface area contributed by atoms with Crippen molar-refractivity contribution in [1.29, 1.82) is 0 Å². The third-order valence-electron chi connectivity index (χ3n) is 2.83. The molecule has 0 saturated heterocycles. The Bertz CT molecular complexity index is 530. The van der Waals surface area contributed by atoms with E-state index in [1.54, 1.807) is 12.1 Å². The van der Waals surface area contributed by atoms with Gasteiger partial charge in [-0.15, -0.1) is 0 Å². The number of aryl methyl sites for hydroxylation is 1. The highest BCUT2D eigenvalue weighted by Gasteiger charge is 2.06. The van der Waals surface area contributed by atoms with E-state index >= 15 is 0 Å². The second-order valence-corrected chi connectivity index (χ2v) is 4.02. The molecule has 1 aromatic heterocycles. The topological polar surface area (TPSA) is 62.5 Å². The van der Waals surface area contributed by atoms with Crippen molar-refractivity contribution in [2.45, 2.75) is 19.4 Å². The summed E-state index contributed by atoms with van der Waals surface area (Å²) in [6.07, 6.45) is 3.60. The average Bonchev–Trinajstić information content (AvgIpc) is 2.72. The molecule has 1 heterocycles. The third-order valence-corrected chi connectivity index (χ3v) is 2.83. The first-order chi connectivity index (χ1) is 8.22. The Balaban J connectivity index is 2.30. The number of aliphatic hydroxyl groups excluding tert-OH is 1. The number of hydrogen-bond acceptors (Lipinski definition) is 2. The number of carboxylic acid groups (broad SMARTS) is 1. The molecule has 0 aliphatic heterocycles. The van der Waals surface area contributed by atoms with Crippen LogP contribution in [0.25, 0.3) is 10.9 Å². The number of nitrogens with zero attached hydrogens (tertiary/aromatic N) is 1. The fourth-order valence-corrected chi connectivity index (χ4v) is 1.91. The molecular formula is C13H15NO3. The van der Waals surface area contributed by atoms with E-state index < -0.39 is 5.97 Å². The lowest BCUT2D eigenvalue weighted by molar-refractivity contribution is 0.0697. The van der Waals surface area contributed by atoms with Crippen LogP contribution in [0, 0.1) is 0 Å². The highest BCUT2D eigenvalue weighted by molar-refractivity contribution is 5.93. The monoisotopic (exact) mass is 233 g/mol. The number of carboxylic acids is 1. The van der Waals surface area contributed by atoms with E-state index in [0.717, 1.165) is 30.3 Å². The number of aromatic carboxylic acids is 1. The largest absolute Gasteiger partial charge is 0.478 e. The third kappa shape index (κ3) is 2.47. The minimum atomic E-state index is -0.907. The first-order valence-corrected chi connectivity index (χ1v) is 5.65. The molecule has 17 heavy (non-hydrogen) atoms. The van der Waals surface area contributed by atoms with Crippen molar-refractivity contribution in [2.75, 3.05) is 6.61 Å². The number of fused-ring (bicyclic) bond motifs is 1. The summed E-state index contributed by atoms with van der Waals surface area (Å²) in [6, 6.07) is 7.10. The van der Waals surface area contributed by atoms with Gasteiger partial charge in [-0.1, -0.05) is 6.07 Å². The quantitative estimate of drug-likeness (QED) is 0.777. The lowest BCUT2D eigenvalue weighted by Gasteiger charge is -2.05. The molecule has 0 atom stereocenters. The Kier molecular flexibility index (Phi) is 3.44. The summed E-state index contributed by atoms with van der Waals surface area (Å²) in [7, 11) is 0. The number of hydrogen-bond donors (Lipinski definition) is 2. The van der Waals surface area contributed by atoms with Crippen molar-refractivity contribution in [3.8, 4) is 0 Å². The average molecular weight is 233 g/mol. The molecule has 90 valence electrons. The molecule has 0 aliphatic carbocycles. The van der Waals surface area contributed by atoms with Crippen LogP contribution in [-0.2, 0) is 6.54 Å². The minimum absolute atomic E-state index is 0.194. The summed E-state index contributed by atoms with van der Waals surface area (Å²) in [5.74, 6) is -0.907. The molecule has 0 aliphatic rings. The summed E-state index contributed by atoms with van der Waals surface area (Å²) < 4.78 is 2.03. The molecule has 2 N–H and O–H groups in total. The molecule has 4 nitrogen and oxygen atoms in total. The highest BCUT2D eigenvalue weighted by Crippen LogP contribution is 2.18. The number of benzene rings is 1. The van der Waals surface area contributed by atoms with Crippen LogP contribution >= 0.6 is 0 Å². The van der Waals surface area contributed by atoms with Crippen molar-refractivity contribution in [3.63, 3.8) is 0 Å². The Morgan fingerprint density at radius 1 is 1.24 bits per heavy atom. The molecule has 0 spiro atoms. The van der Waals surface area contributed by atoms with Gasteiger partial charge in [0.15, 0.2) is 0 Å². The van der Waals surface area contributed by atoms with Gasteiger partial charge in [0.25, 0.3) is 0 Å². The second-order valence-electron chi connectivity index (χ2n) is 4.02. The van der Waals surface area contributed by atoms with Crippen LogP contribution in [0.5, 0.6) is 0 Å². The first-order valence-electron chi connectivity index (χ1n) is 5.65. The van der Waals surface area contributed by atoms with E-state index in [1.807, 2.05) is 22.9 Å². The van der Waals surface area contributed by atoms with Crippen LogP contribution in [0.2, 0.25) is 0 Å². The van der Waals surface area contributed by atoms with E-state index in [9.17, 15) is 4.79 Å². The van der Waals surface area contributed by atoms with Gasteiger partial charge in [0.1, 0.15) is 0 Å². The number of aliphatic hydroxyl groups is 1. The number of carbonyl (C=O) groups is 1. The standard InChI is InChI=1S/C13H15NO3/c15-8-2-1-6-14-7-5-10-3-4-11(13(16)17)9-12(10)14/h3-5,7,9,15H,1-2,6,8H2,(H,16,17). The lowest BCUT2D eigenvalue weighted by atomic mass is 10.1. The van der Waals surface area contributed by atoms with E-state index in [2.05, 4.69) is 0 Å². The molecule has 2 aromatic rings. The molecule has 0 unspecified atom stereocenters. The summed E-state index contributed by atoms with van der Waals surface area (Å²) in [6.45, 7) is 0.993. The lowest BCUT2D eigenvalue weighted by Crippen LogP contribution is -1.99. The van der Waals surface area contributed by atoms with Crippen LogP contribution in [-0.4, -0.2) is 27.4 Å². The van der Waals surface area contributed by atoms with Crippen molar-refractivity contribution in [3.05, 3.63) is 36.0 Å². The molecule has 0 radical (unpaired) electrons. The summed E-state index contributed by atoms with van der Waals surface area (Å²) >= 11 is 0. The zero-order valence-corrected chi connectivity index (χ0v) is 9.47. The van der Waals surface area contributed by atoms with Crippen LogP contribution in [0.4, 0.5) is 0 Å². The van der Waals surface area contributed by atoms with Crippen LogP contribution < -0.4 is 0 Å². The maximum absolute atomic E-state index is 10.9. The number of unbranched alkanes of at least 4 members (excludes halogenated alkanes) is 1. The first kappa shape index (κ1) is 11.7. The zero-order chi connectivity index (χ0) is 12.3. The van der Waals surface area contributed by atoms with Gasteiger partial charge in [0, 0.05) is 24.9 Å². The van der Waals surface area contributed by atoms with Crippen molar-refractivity contribution < 1.29 is 15.0 Å². The predicted octanol–water partition coefficient (Wildman–Crippen LogP) is 2.11. The van der Waals surface area contributed by atoms with Gasteiger partial charge in [-0.3, -0.25) is 0 Å². The Morgan fingerprint density at radius 2 is 2.06 bits per heavy atom. The molecule has 4 heteroatoms. The van der Waals surface area contributed by atoms with Gasteiger partial charge in [-0.25, -0.2) is 4.79 Å². The summed E-state index contributed by atoms with van der Waals surface area (Å²) in [4.78, 5) is 10.9. The van der Waals surface area contributed by atoms with Crippen molar-refractivity contribution >= 4 is 16.9 Å². The molecule has 0 amide bonds. The maximum atomic E-state index is 10.9. The van der Waals surface area contributed by atoms with Gasteiger partial charge in [-0.2, -0.15) is 0 Å². The molecule has 0 saturated carbocycles. The van der Waals surface area contributed by atoms with Crippen LogP contribution in [0.15, 0.2) is 30.5 Å². The predicted molar refractivity (Wildman–Crippen MR) is 65.2 cm³/mol. The van der Waals surface area contributed by atoms with Gasteiger partial charge in [0.2, 0.25) is 0 Å². The van der Waals surface area contributed by atoms with Gasteiger partial charge in [-0.05, 0) is 36.4 Å². The Hall–Kier alpha value is -1.81. The van der Waals surface area contributed by atoms with E-state index in [4.69, 9.17) is 10.2 Å². The smallest absolute Gasteiger partial charge is 0.335 e. The normalized spacial score (nSPS) is 10.9. The molecular weight excluding hydrogens is 218 g/mol. The fraction of sp³-hybridized carbons (Fsp3) is 0.308. The summed E-state index contributed by atoms with van der Waals surface area (Å²) in [5.41, 5.74) is 1.24. The van der Waals surface area contributed by atoms with E-state index in [0.29, 0.717) is 5.56 Å².